The monoisotopic (exact) mass is 464 g/mol. The number of rotatable bonds is 7. The van der Waals surface area contributed by atoms with Gasteiger partial charge in [-0.25, -0.2) is 8.42 Å². The fraction of sp³-hybridized carbons (Fsp3) is 0.440. The highest BCUT2D eigenvalue weighted by molar-refractivity contribution is 7.89. The average molecular weight is 465 g/mol. The molecule has 0 radical (unpaired) electrons. The molecule has 1 aliphatic heterocycles. The molecule has 2 heterocycles. The van der Waals surface area contributed by atoms with Crippen LogP contribution in [0.1, 0.15) is 48.9 Å². The molecule has 7 nitrogen and oxygen atoms in total. The second kappa shape index (κ2) is 8.47. The van der Waals surface area contributed by atoms with Crippen molar-refractivity contribution in [1.29, 1.82) is 5.26 Å². The number of nitrogens with zero attached hydrogens (tertiary/aromatic N) is 3. The molecule has 1 aromatic heterocycles. The van der Waals surface area contributed by atoms with Crippen LogP contribution >= 0.6 is 0 Å². The molecule has 3 aliphatic rings. The topological polar surface area (TPSA) is 95.2 Å². The normalized spacial score (nSPS) is 19.3. The van der Waals surface area contributed by atoms with Gasteiger partial charge in [0.15, 0.2) is 0 Å². The van der Waals surface area contributed by atoms with Crippen LogP contribution in [0.3, 0.4) is 0 Å². The van der Waals surface area contributed by atoms with Gasteiger partial charge in [0.1, 0.15) is 17.8 Å². The first kappa shape index (κ1) is 21.9. The van der Waals surface area contributed by atoms with E-state index in [1.165, 1.54) is 12.8 Å². The summed E-state index contributed by atoms with van der Waals surface area (Å²) < 4.78 is 31.0. The Balaban J connectivity index is 1.35. The van der Waals surface area contributed by atoms with Crippen LogP contribution in [0.2, 0.25) is 0 Å². The van der Waals surface area contributed by atoms with Gasteiger partial charge in [0.2, 0.25) is 15.9 Å². The van der Waals surface area contributed by atoms with Crippen LogP contribution in [0, 0.1) is 16.7 Å². The zero-order valence-corrected chi connectivity index (χ0v) is 19.4. The van der Waals surface area contributed by atoms with Crippen LogP contribution in [0.5, 0.6) is 0 Å². The minimum Gasteiger partial charge on any atom is -0.341 e. The lowest BCUT2D eigenvalue weighted by molar-refractivity contribution is -0.134. The van der Waals surface area contributed by atoms with E-state index < -0.39 is 16.1 Å². The number of hydrogen-bond donors (Lipinski definition) is 1. The number of benzene rings is 1. The lowest BCUT2D eigenvalue weighted by Crippen LogP contribution is -2.51. The molecule has 1 unspecified atom stereocenters. The van der Waals surface area contributed by atoms with E-state index in [0.717, 1.165) is 24.0 Å². The first-order chi connectivity index (χ1) is 15.9. The van der Waals surface area contributed by atoms with Gasteiger partial charge in [-0.05, 0) is 79.3 Å². The highest BCUT2D eigenvalue weighted by atomic mass is 32.2. The summed E-state index contributed by atoms with van der Waals surface area (Å²) in [5.41, 5.74) is 2.92. The Morgan fingerprint density at radius 2 is 1.97 bits per heavy atom. The Labute approximate surface area is 194 Å². The molecule has 1 aromatic carbocycles. The van der Waals surface area contributed by atoms with Gasteiger partial charge in [0.25, 0.3) is 0 Å². The van der Waals surface area contributed by atoms with Gasteiger partial charge in [-0.3, -0.25) is 4.79 Å². The van der Waals surface area contributed by atoms with E-state index in [-0.39, 0.29) is 17.2 Å². The van der Waals surface area contributed by atoms with Crippen LogP contribution in [-0.4, -0.2) is 42.9 Å². The van der Waals surface area contributed by atoms with E-state index in [4.69, 9.17) is 0 Å². The molecule has 5 rings (SSSR count). The SMILES string of the molecule is N#Cc1cccn1CCC(NS(=O)(=O)c1ccc2c(c1)CC=C2)C(=O)N1CCC2(CC1)CC2. The third-order valence-electron chi connectivity index (χ3n) is 7.35. The number of aromatic nitrogens is 1. The molecule has 1 spiro atoms. The summed E-state index contributed by atoms with van der Waals surface area (Å²) >= 11 is 0. The summed E-state index contributed by atoms with van der Waals surface area (Å²) in [6, 6.07) is 9.82. The number of nitriles is 1. The number of aryl methyl sites for hydroxylation is 1. The molecule has 2 aromatic rings. The van der Waals surface area contributed by atoms with E-state index in [2.05, 4.69) is 10.8 Å². The fourth-order valence-corrected chi connectivity index (χ4v) is 6.24. The van der Waals surface area contributed by atoms with E-state index >= 15 is 0 Å². The van der Waals surface area contributed by atoms with Gasteiger partial charge in [0.05, 0.1) is 4.90 Å². The van der Waals surface area contributed by atoms with Crippen LogP contribution < -0.4 is 4.72 Å². The first-order valence-corrected chi connectivity index (χ1v) is 13.0. The van der Waals surface area contributed by atoms with Crippen molar-refractivity contribution in [2.45, 2.75) is 56.0 Å². The Hall–Kier alpha value is -2.89. The lowest BCUT2D eigenvalue weighted by Gasteiger charge is -2.34. The molecular formula is C25H28N4O3S. The lowest BCUT2D eigenvalue weighted by atomic mass is 9.93. The summed E-state index contributed by atoms with van der Waals surface area (Å²) in [6.45, 7) is 1.73. The van der Waals surface area contributed by atoms with Crippen molar-refractivity contribution in [3.8, 4) is 6.07 Å². The largest absolute Gasteiger partial charge is 0.341 e. The van der Waals surface area contributed by atoms with Crippen LogP contribution in [0.25, 0.3) is 6.08 Å². The number of sulfonamides is 1. The number of carbonyl (C=O) groups excluding carboxylic acids is 1. The minimum atomic E-state index is -3.88. The van der Waals surface area contributed by atoms with E-state index in [0.29, 0.717) is 37.2 Å². The maximum Gasteiger partial charge on any atom is 0.241 e. The standard InChI is InChI=1S/C25H28N4O3S/c26-18-21-5-2-13-28(21)14-8-23(24(30)29-15-11-25(9-10-25)12-16-29)27-33(31,32)22-7-6-19-3-1-4-20(19)17-22/h1-3,5-7,13,17,23,27H,4,8-12,14-16H2. The van der Waals surface area contributed by atoms with Crippen molar-refractivity contribution in [3.05, 3.63) is 59.4 Å². The van der Waals surface area contributed by atoms with Gasteiger partial charge >= 0.3 is 0 Å². The van der Waals surface area contributed by atoms with Crippen molar-refractivity contribution in [1.82, 2.24) is 14.2 Å². The molecule has 2 fully saturated rings. The predicted octanol–water partition coefficient (Wildman–Crippen LogP) is 3.07. The quantitative estimate of drug-likeness (QED) is 0.681. The zero-order valence-electron chi connectivity index (χ0n) is 18.5. The summed E-state index contributed by atoms with van der Waals surface area (Å²) in [4.78, 5) is 15.4. The van der Waals surface area contributed by atoms with E-state index in [1.54, 1.807) is 35.0 Å². The predicted molar refractivity (Wildman–Crippen MR) is 125 cm³/mol. The highest BCUT2D eigenvalue weighted by Crippen LogP contribution is 2.53. The molecule has 1 atom stereocenters. The van der Waals surface area contributed by atoms with Gasteiger partial charge in [-0.1, -0.05) is 18.2 Å². The molecule has 2 aliphatic carbocycles. The Bertz CT molecular complexity index is 1240. The number of allylic oxidation sites excluding steroid dienone is 1. The minimum absolute atomic E-state index is 0.178. The van der Waals surface area contributed by atoms with Crippen molar-refractivity contribution >= 4 is 22.0 Å². The van der Waals surface area contributed by atoms with Gasteiger partial charge < -0.3 is 9.47 Å². The number of hydrogen-bond acceptors (Lipinski definition) is 4. The van der Waals surface area contributed by atoms with Crippen LogP contribution in [0.15, 0.2) is 47.5 Å². The molecule has 1 amide bonds. The van der Waals surface area contributed by atoms with Crippen molar-refractivity contribution in [2.24, 2.45) is 5.41 Å². The van der Waals surface area contributed by atoms with Crippen LogP contribution in [-0.2, 0) is 27.8 Å². The number of amides is 1. The van der Waals surface area contributed by atoms with E-state index in [9.17, 15) is 18.5 Å². The van der Waals surface area contributed by atoms with Crippen molar-refractivity contribution < 1.29 is 13.2 Å². The zero-order chi connectivity index (χ0) is 23.1. The summed E-state index contributed by atoms with van der Waals surface area (Å²) in [5.74, 6) is -0.178. The van der Waals surface area contributed by atoms with Crippen molar-refractivity contribution in [2.75, 3.05) is 13.1 Å². The number of likely N-dealkylation sites (tertiary alicyclic amines) is 1. The summed E-state index contributed by atoms with van der Waals surface area (Å²) in [5, 5.41) is 9.29. The van der Waals surface area contributed by atoms with Gasteiger partial charge in [0, 0.05) is 25.8 Å². The average Bonchev–Trinajstić information content (AvgIpc) is 3.22. The molecule has 1 N–H and O–H groups in total. The molecule has 8 heteroatoms. The number of carbonyl (C=O) groups is 1. The summed E-state index contributed by atoms with van der Waals surface area (Å²) in [7, 11) is -3.88. The highest BCUT2D eigenvalue weighted by Gasteiger charge is 2.45. The van der Waals surface area contributed by atoms with Crippen LogP contribution in [0.4, 0.5) is 0 Å². The Kier molecular flexibility index (Phi) is 5.63. The van der Waals surface area contributed by atoms with Gasteiger partial charge in [-0.2, -0.15) is 9.98 Å². The molecule has 1 saturated heterocycles. The van der Waals surface area contributed by atoms with E-state index in [1.807, 2.05) is 23.1 Å². The van der Waals surface area contributed by atoms with Crippen molar-refractivity contribution in [3.63, 3.8) is 0 Å². The third kappa shape index (κ3) is 4.48. The number of nitrogens with one attached hydrogen (secondary N) is 1. The number of fused-ring (bicyclic) bond motifs is 1. The summed E-state index contributed by atoms with van der Waals surface area (Å²) in [6.07, 6.45) is 11.2. The molecular weight excluding hydrogens is 436 g/mol. The number of piperidine rings is 1. The van der Waals surface area contributed by atoms with Gasteiger partial charge in [-0.15, -0.1) is 0 Å². The maximum atomic E-state index is 13.5. The first-order valence-electron chi connectivity index (χ1n) is 11.6. The second-order valence-corrected chi connectivity index (χ2v) is 11.2. The third-order valence-corrected chi connectivity index (χ3v) is 8.82. The molecule has 172 valence electrons. The maximum absolute atomic E-state index is 13.5. The second-order valence-electron chi connectivity index (χ2n) is 9.45. The fourth-order valence-electron chi connectivity index (χ4n) is 4.97. The molecule has 1 saturated carbocycles. The molecule has 33 heavy (non-hydrogen) atoms. The molecule has 0 bridgehead atoms. The Morgan fingerprint density at radius 1 is 1.18 bits per heavy atom. The smallest absolute Gasteiger partial charge is 0.241 e. The Morgan fingerprint density at radius 3 is 2.70 bits per heavy atom.